The number of aromatic nitrogens is 2. The Morgan fingerprint density at radius 2 is 2.25 bits per heavy atom. The number of nitrogens with zero attached hydrogens (tertiary/aromatic N) is 2. The highest BCUT2D eigenvalue weighted by Crippen LogP contribution is 2.17. The van der Waals surface area contributed by atoms with E-state index >= 15 is 0 Å². The summed E-state index contributed by atoms with van der Waals surface area (Å²) < 4.78 is 1.54. The number of hydrogen-bond acceptors (Lipinski definition) is 3. The molecule has 1 N–H and O–H groups in total. The van der Waals surface area contributed by atoms with Gasteiger partial charge in [-0.3, -0.25) is 9.48 Å². The van der Waals surface area contributed by atoms with Gasteiger partial charge in [0.15, 0.2) is 0 Å². The Morgan fingerprint density at radius 3 is 2.85 bits per heavy atom. The molecule has 1 aromatic heterocycles. The molecule has 0 unspecified atom stereocenters. The number of nitrogens with one attached hydrogen (secondary N) is 1. The Balaban J connectivity index is 2.18. The van der Waals surface area contributed by atoms with Crippen LogP contribution in [0.5, 0.6) is 0 Å². The van der Waals surface area contributed by atoms with E-state index in [-0.39, 0.29) is 5.91 Å². The average Bonchev–Trinajstić information content (AvgIpc) is 2.85. The van der Waals surface area contributed by atoms with Crippen LogP contribution in [-0.4, -0.2) is 15.7 Å². The molecule has 1 heterocycles. The Bertz CT molecular complexity index is 700. The fraction of sp³-hybridized carbons (Fsp3) is 0.143. The molecule has 2 rings (SSSR count). The molecule has 0 atom stereocenters. The zero-order valence-electron chi connectivity index (χ0n) is 11.0. The van der Waals surface area contributed by atoms with Gasteiger partial charge < -0.3 is 5.32 Å². The molecule has 0 saturated heterocycles. The second-order valence-electron chi connectivity index (χ2n) is 4.13. The first-order valence-electron chi connectivity index (χ1n) is 5.80. The van der Waals surface area contributed by atoms with Crippen molar-refractivity contribution < 1.29 is 4.79 Å². The maximum atomic E-state index is 12.1. The van der Waals surface area contributed by atoms with Gasteiger partial charge in [-0.05, 0) is 50.9 Å². The molecule has 0 bridgehead atoms. The zero-order chi connectivity index (χ0) is 14.5. The van der Waals surface area contributed by atoms with E-state index in [0.29, 0.717) is 5.69 Å². The summed E-state index contributed by atoms with van der Waals surface area (Å²) in [5.74, 6) is 2.86. The topological polar surface area (TPSA) is 46.9 Å². The molecule has 0 aliphatic rings. The highest BCUT2D eigenvalue weighted by atomic mass is 127. The Morgan fingerprint density at radius 1 is 1.45 bits per heavy atom. The Labute approximate surface area is 133 Å². The third-order valence-electron chi connectivity index (χ3n) is 2.76. The van der Waals surface area contributed by atoms with Gasteiger partial charge in [-0.1, -0.05) is 5.92 Å². The van der Waals surface area contributed by atoms with Gasteiger partial charge in [-0.15, -0.1) is 0 Å². The molecule has 6 heteroatoms. The number of halogens is 1. The minimum Gasteiger partial charge on any atom is -0.320 e. The van der Waals surface area contributed by atoms with Crippen LogP contribution >= 0.6 is 30.1 Å². The van der Waals surface area contributed by atoms with Crippen LogP contribution in [0.15, 0.2) is 30.5 Å². The summed E-state index contributed by atoms with van der Waals surface area (Å²) in [6, 6.07) is 7.40. The molecular formula is C14H12IN3OS. The third kappa shape index (κ3) is 3.55. The summed E-state index contributed by atoms with van der Waals surface area (Å²) in [7, 11) is 3.18. The monoisotopic (exact) mass is 397 g/mol. The van der Waals surface area contributed by atoms with Crippen molar-refractivity contribution in [3.05, 3.63) is 47.3 Å². The maximum Gasteiger partial charge on any atom is 0.273 e. The molecule has 4 nitrogen and oxygen atoms in total. The summed E-state index contributed by atoms with van der Waals surface area (Å²) in [6.07, 6.45) is 1.60. The molecular weight excluding hydrogens is 385 g/mol. The number of benzene rings is 1. The zero-order valence-corrected chi connectivity index (χ0v) is 13.9. The van der Waals surface area contributed by atoms with E-state index in [1.165, 1.54) is 8.93 Å². The lowest BCUT2D eigenvalue weighted by molar-refractivity contribution is 0.101. The number of hydrogen-bond donors (Lipinski definition) is 1. The molecule has 0 radical (unpaired) electrons. The van der Waals surface area contributed by atoms with Crippen molar-refractivity contribution in [2.45, 2.75) is 6.92 Å². The quantitative estimate of drug-likeness (QED) is 0.625. The molecule has 0 aliphatic heterocycles. The minimum atomic E-state index is -0.172. The fourth-order valence-electron chi connectivity index (χ4n) is 1.74. The number of anilines is 1. The summed E-state index contributed by atoms with van der Waals surface area (Å²) in [6.45, 7) is 1.95. The van der Waals surface area contributed by atoms with Crippen LogP contribution in [0.1, 0.15) is 21.6 Å². The summed E-state index contributed by atoms with van der Waals surface area (Å²) in [5, 5.41) is 9.80. The summed E-state index contributed by atoms with van der Waals surface area (Å²) in [4.78, 5) is 12.1. The van der Waals surface area contributed by atoms with E-state index in [2.05, 4.69) is 42.8 Å². The van der Waals surface area contributed by atoms with Crippen molar-refractivity contribution in [1.29, 1.82) is 0 Å². The van der Waals surface area contributed by atoms with Crippen LogP contribution in [-0.2, 0) is 7.05 Å². The van der Waals surface area contributed by atoms with Gasteiger partial charge in [-0.25, -0.2) is 0 Å². The van der Waals surface area contributed by atoms with Crippen LogP contribution in [0.4, 0.5) is 5.69 Å². The van der Waals surface area contributed by atoms with Crippen molar-refractivity contribution >= 4 is 41.7 Å². The minimum absolute atomic E-state index is 0.172. The van der Waals surface area contributed by atoms with Crippen molar-refractivity contribution in [1.82, 2.24) is 9.78 Å². The molecule has 0 saturated carbocycles. The maximum absolute atomic E-state index is 12.1. The largest absolute Gasteiger partial charge is 0.320 e. The van der Waals surface area contributed by atoms with E-state index in [0.717, 1.165) is 16.8 Å². The number of carbonyl (C=O) groups excluding carboxylic acids is 1. The first kappa shape index (κ1) is 14.9. The molecule has 20 heavy (non-hydrogen) atoms. The smallest absolute Gasteiger partial charge is 0.273 e. The van der Waals surface area contributed by atoms with Gasteiger partial charge in [0.25, 0.3) is 5.91 Å². The molecule has 0 spiro atoms. The molecule has 0 aliphatic carbocycles. The fourth-order valence-corrected chi connectivity index (χ4v) is 2.23. The van der Waals surface area contributed by atoms with Crippen LogP contribution in [0.25, 0.3) is 0 Å². The number of rotatable bonds is 2. The highest BCUT2D eigenvalue weighted by Gasteiger charge is 2.11. The molecule has 0 fully saturated rings. The lowest BCUT2D eigenvalue weighted by Crippen LogP contribution is -2.16. The van der Waals surface area contributed by atoms with E-state index in [9.17, 15) is 4.79 Å². The number of amides is 1. The first-order valence-corrected chi connectivity index (χ1v) is 9.16. The predicted molar refractivity (Wildman–Crippen MR) is 90.8 cm³/mol. The molecule has 1 amide bonds. The summed E-state index contributed by atoms with van der Waals surface area (Å²) >= 11 is 2.13. The van der Waals surface area contributed by atoms with Crippen LogP contribution < -0.4 is 5.32 Å². The van der Waals surface area contributed by atoms with Gasteiger partial charge in [0.1, 0.15) is 5.69 Å². The van der Waals surface area contributed by atoms with Crippen molar-refractivity contribution in [2.75, 3.05) is 5.32 Å². The van der Waals surface area contributed by atoms with Crippen LogP contribution in [0, 0.1) is 18.1 Å². The normalized spacial score (nSPS) is 9.75. The standard InChI is InChI=1S/C14H12IN3OS/c1-10-9-11(6-8-20-15)3-4-12(10)17-14(19)13-5-7-16-18(13)2/h3-5,7,9H,1-2H3,(H,17,19). The second-order valence-corrected chi connectivity index (χ2v) is 5.81. The first-order chi connectivity index (χ1) is 9.61. The van der Waals surface area contributed by atoms with Gasteiger partial charge >= 0.3 is 0 Å². The van der Waals surface area contributed by atoms with E-state index in [4.69, 9.17) is 0 Å². The van der Waals surface area contributed by atoms with Crippen molar-refractivity contribution in [3.8, 4) is 11.2 Å². The molecule has 1 aromatic carbocycles. The average molecular weight is 397 g/mol. The Hall–Kier alpha value is -1.46. The van der Waals surface area contributed by atoms with Gasteiger partial charge in [0, 0.05) is 45.7 Å². The van der Waals surface area contributed by atoms with Gasteiger partial charge in [-0.2, -0.15) is 5.10 Å². The number of aryl methyl sites for hydroxylation is 2. The lowest BCUT2D eigenvalue weighted by Gasteiger charge is -2.08. The van der Waals surface area contributed by atoms with Gasteiger partial charge in [0.05, 0.1) is 0 Å². The summed E-state index contributed by atoms with van der Waals surface area (Å²) in [5.41, 5.74) is 3.22. The Kier molecular flexibility index (Phi) is 5.09. The van der Waals surface area contributed by atoms with Crippen LogP contribution in [0.3, 0.4) is 0 Å². The predicted octanol–water partition coefficient (Wildman–Crippen LogP) is 3.37. The lowest BCUT2D eigenvalue weighted by atomic mass is 10.1. The second kappa shape index (κ2) is 6.81. The SMILES string of the molecule is Cc1cc(C#CSI)ccc1NC(=O)c1ccnn1C. The van der Waals surface area contributed by atoms with Gasteiger partial charge in [0.2, 0.25) is 0 Å². The van der Waals surface area contributed by atoms with Crippen molar-refractivity contribution in [3.63, 3.8) is 0 Å². The van der Waals surface area contributed by atoms with E-state index < -0.39 is 0 Å². The highest BCUT2D eigenvalue weighted by molar-refractivity contribution is 14.2. The number of carbonyl (C=O) groups is 1. The van der Waals surface area contributed by atoms with E-state index in [1.807, 2.05) is 25.1 Å². The third-order valence-corrected chi connectivity index (χ3v) is 3.60. The molecule has 102 valence electrons. The van der Waals surface area contributed by atoms with Crippen LogP contribution in [0.2, 0.25) is 0 Å². The molecule has 2 aromatic rings. The van der Waals surface area contributed by atoms with Crippen molar-refractivity contribution in [2.24, 2.45) is 7.05 Å². The van der Waals surface area contributed by atoms with E-state index in [1.54, 1.807) is 24.0 Å².